The van der Waals surface area contributed by atoms with E-state index in [-0.39, 0.29) is 5.41 Å². The van der Waals surface area contributed by atoms with Gasteiger partial charge in [-0.25, -0.2) is 0 Å². The fraction of sp³-hybridized carbons (Fsp3) is 0.538. The van der Waals surface area contributed by atoms with Gasteiger partial charge in [0.15, 0.2) is 0 Å². The molecule has 0 saturated heterocycles. The largest absolute Gasteiger partial charge is 0.317 e. The topological polar surface area (TPSA) is 12.0 Å². The van der Waals surface area contributed by atoms with Gasteiger partial charge in [0.05, 0.1) is 0 Å². The van der Waals surface area contributed by atoms with Crippen molar-refractivity contribution < 1.29 is 0 Å². The van der Waals surface area contributed by atoms with Crippen LogP contribution in [0.25, 0.3) is 0 Å². The highest BCUT2D eigenvalue weighted by Gasteiger charge is 2.36. The predicted molar refractivity (Wildman–Crippen MR) is 65.5 cm³/mol. The van der Waals surface area contributed by atoms with Crippen LogP contribution >= 0.6 is 11.6 Å². The maximum atomic E-state index is 6.26. The van der Waals surface area contributed by atoms with Gasteiger partial charge in [0.2, 0.25) is 0 Å². The van der Waals surface area contributed by atoms with Crippen LogP contribution in [0.2, 0.25) is 5.02 Å². The quantitative estimate of drug-likeness (QED) is 0.811. The lowest BCUT2D eigenvalue weighted by Gasteiger charge is -2.26. The van der Waals surface area contributed by atoms with Crippen LogP contribution in [-0.4, -0.2) is 13.1 Å². The first kappa shape index (κ1) is 11.0. The summed E-state index contributed by atoms with van der Waals surface area (Å²) in [4.78, 5) is 0. The zero-order chi connectivity index (χ0) is 10.9. The molecule has 2 unspecified atom stereocenters. The molecule has 0 aromatic heterocycles. The lowest BCUT2D eigenvalue weighted by Crippen LogP contribution is -2.25. The van der Waals surface area contributed by atoms with Gasteiger partial charge in [-0.1, -0.05) is 36.7 Å². The molecule has 2 atom stereocenters. The third kappa shape index (κ3) is 2.04. The first-order chi connectivity index (χ1) is 7.15. The molecule has 1 N–H and O–H groups in total. The maximum Gasteiger partial charge on any atom is 0.0443 e. The summed E-state index contributed by atoms with van der Waals surface area (Å²) in [5.41, 5.74) is 1.57. The second-order valence-electron chi connectivity index (χ2n) is 4.77. The molecule has 1 aromatic rings. The highest BCUT2D eigenvalue weighted by Crippen LogP contribution is 2.43. The van der Waals surface area contributed by atoms with Crippen molar-refractivity contribution in [2.75, 3.05) is 7.05 Å². The summed E-state index contributed by atoms with van der Waals surface area (Å²) in [6.07, 6.45) is 3.66. The normalized spacial score (nSPS) is 30.7. The van der Waals surface area contributed by atoms with Gasteiger partial charge in [0.1, 0.15) is 0 Å². The molecule has 0 heterocycles. The molecular formula is C13H18ClN. The van der Waals surface area contributed by atoms with Crippen LogP contribution in [0, 0.1) is 0 Å². The van der Waals surface area contributed by atoms with Crippen molar-refractivity contribution in [1.82, 2.24) is 5.32 Å². The summed E-state index contributed by atoms with van der Waals surface area (Å²) >= 11 is 6.26. The van der Waals surface area contributed by atoms with Crippen LogP contribution in [0.15, 0.2) is 24.3 Å². The maximum absolute atomic E-state index is 6.26. The van der Waals surface area contributed by atoms with Crippen LogP contribution in [0.5, 0.6) is 0 Å². The molecule has 1 aliphatic rings. The Morgan fingerprint density at radius 2 is 2.13 bits per heavy atom. The molecule has 1 saturated carbocycles. The molecule has 1 aromatic carbocycles. The van der Waals surface area contributed by atoms with Crippen molar-refractivity contribution in [2.45, 2.75) is 37.6 Å². The number of benzene rings is 1. The molecule has 0 bridgehead atoms. The average molecular weight is 224 g/mol. The Balaban J connectivity index is 2.27. The van der Waals surface area contributed by atoms with E-state index in [9.17, 15) is 0 Å². The van der Waals surface area contributed by atoms with Gasteiger partial charge < -0.3 is 5.32 Å². The van der Waals surface area contributed by atoms with E-state index in [1.165, 1.54) is 24.8 Å². The van der Waals surface area contributed by atoms with Crippen molar-refractivity contribution in [2.24, 2.45) is 0 Å². The van der Waals surface area contributed by atoms with Crippen LogP contribution in [-0.2, 0) is 5.41 Å². The standard InChI is InChI=1S/C13H18ClN/c1-13(8-7-10(9-13)15-2)11-5-3-4-6-12(11)14/h3-6,10,15H,7-9H2,1-2H3. The second kappa shape index (κ2) is 4.15. The Kier molecular flexibility index (Phi) is 3.03. The first-order valence-corrected chi connectivity index (χ1v) is 5.96. The minimum absolute atomic E-state index is 0.256. The van der Waals surface area contributed by atoms with Gasteiger partial charge in [-0.15, -0.1) is 0 Å². The molecule has 2 heteroatoms. The number of nitrogens with one attached hydrogen (secondary N) is 1. The Morgan fingerprint density at radius 1 is 1.40 bits per heavy atom. The minimum Gasteiger partial charge on any atom is -0.317 e. The number of rotatable bonds is 2. The molecule has 0 radical (unpaired) electrons. The fourth-order valence-corrected chi connectivity index (χ4v) is 3.05. The number of halogens is 1. The van der Waals surface area contributed by atoms with Crippen LogP contribution < -0.4 is 5.32 Å². The van der Waals surface area contributed by atoms with Crippen molar-refractivity contribution in [3.05, 3.63) is 34.9 Å². The Labute approximate surface area is 96.8 Å². The van der Waals surface area contributed by atoms with Crippen LogP contribution in [0.3, 0.4) is 0 Å². The summed E-state index contributed by atoms with van der Waals surface area (Å²) in [7, 11) is 2.04. The highest BCUT2D eigenvalue weighted by atomic mass is 35.5. The van der Waals surface area contributed by atoms with Gasteiger partial charge in [0.25, 0.3) is 0 Å². The monoisotopic (exact) mass is 223 g/mol. The second-order valence-corrected chi connectivity index (χ2v) is 5.18. The van der Waals surface area contributed by atoms with E-state index >= 15 is 0 Å². The lowest BCUT2D eigenvalue weighted by atomic mass is 9.81. The van der Waals surface area contributed by atoms with E-state index in [2.05, 4.69) is 24.4 Å². The van der Waals surface area contributed by atoms with Crippen molar-refractivity contribution >= 4 is 11.6 Å². The fourth-order valence-electron chi connectivity index (χ4n) is 2.68. The van der Waals surface area contributed by atoms with E-state index in [1.54, 1.807) is 0 Å². The van der Waals surface area contributed by atoms with E-state index in [4.69, 9.17) is 11.6 Å². The Bertz CT molecular complexity index is 350. The zero-order valence-corrected chi connectivity index (χ0v) is 10.1. The molecule has 1 nitrogen and oxygen atoms in total. The summed E-state index contributed by atoms with van der Waals surface area (Å²) in [6.45, 7) is 2.32. The van der Waals surface area contributed by atoms with Gasteiger partial charge >= 0.3 is 0 Å². The molecule has 2 rings (SSSR count). The smallest absolute Gasteiger partial charge is 0.0443 e. The van der Waals surface area contributed by atoms with Gasteiger partial charge in [-0.2, -0.15) is 0 Å². The van der Waals surface area contributed by atoms with E-state index in [0.29, 0.717) is 6.04 Å². The summed E-state index contributed by atoms with van der Waals surface area (Å²) < 4.78 is 0. The minimum atomic E-state index is 0.256. The summed E-state index contributed by atoms with van der Waals surface area (Å²) in [5.74, 6) is 0. The lowest BCUT2D eigenvalue weighted by molar-refractivity contribution is 0.467. The SMILES string of the molecule is CNC1CCC(C)(c2ccccc2Cl)C1. The van der Waals surface area contributed by atoms with Crippen LogP contribution in [0.1, 0.15) is 31.7 Å². The molecule has 1 fully saturated rings. The third-order valence-electron chi connectivity index (χ3n) is 3.67. The van der Waals surface area contributed by atoms with Gasteiger partial charge in [0, 0.05) is 11.1 Å². The van der Waals surface area contributed by atoms with Crippen molar-refractivity contribution in [3.8, 4) is 0 Å². The molecule has 15 heavy (non-hydrogen) atoms. The average Bonchev–Trinajstić information content (AvgIpc) is 2.62. The predicted octanol–water partition coefficient (Wildman–Crippen LogP) is 3.37. The van der Waals surface area contributed by atoms with E-state index in [0.717, 1.165) is 5.02 Å². The molecule has 0 aliphatic heterocycles. The molecule has 1 aliphatic carbocycles. The highest BCUT2D eigenvalue weighted by molar-refractivity contribution is 6.31. The first-order valence-electron chi connectivity index (χ1n) is 5.58. The molecule has 0 amide bonds. The van der Waals surface area contributed by atoms with Crippen LogP contribution in [0.4, 0.5) is 0 Å². The van der Waals surface area contributed by atoms with E-state index in [1.807, 2.05) is 19.2 Å². The molecule has 0 spiro atoms. The molecule has 82 valence electrons. The number of hydrogen-bond acceptors (Lipinski definition) is 1. The van der Waals surface area contributed by atoms with E-state index < -0.39 is 0 Å². The van der Waals surface area contributed by atoms with Crippen molar-refractivity contribution in [1.29, 1.82) is 0 Å². The summed E-state index contributed by atoms with van der Waals surface area (Å²) in [5, 5.41) is 4.28. The number of hydrogen-bond donors (Lipinski definition) is 1. The van der Waals surface area contributed by atoms with Crippen molar-refractivity contribution in [3.63, 3.8) is 0 Å². The molecular weight excluding hydrogens is 206 g/mol. The zero-order valence-electron chi connectivity index (χ0n) is 9.39. The Morgan fingerprint density at radius 3 is 2.73 bits per heavy atom. The third-order valence-corrected chi connectivity index (χ3v) is 4.00. The summed E-state index contributed by atoms with van der Waals surface area (Å²) in [6, 6.07) is 8.89. The van der Waals surface area contributed by atoms with Gasteiger partial charge in [-0.05, 0) is 43.4 Å². The van der Waals surface area contributed by atoms with Gasteiger partial charge in [-0.3, -0.25) is 0 Å². The Hall–Kier alpha value is -0.530.